The van der Waals surface area contributed by atoms with Gasteiger partial charge < -0.3 is 10.2 Å². The van der Waals surface area contributed by atoms with E-state index in [0.29, 0.717) is 17.8 Å². The molecule has 0 aliphatic carbocycles. The second kappa shape index (κ2) is 5.88. The van der Waals surface area contributed by atoms with Crippen LogP contribution in [0.15, 0.2) is 24.3 Å². The second-order valence-electron chi connectivity index (χ2n) is 7.68. The summed E-state index contributed by atoms with van der Waals surface area (Å²) in [5.74, 6) is 0.764. The summed E-state index contributed by atoms with van der Waals surface area (Å²) in [7, 11) is 4.13. The number of nitrogens with one attached hydrogen (secondary N) is 1. The van der Waals surface area contributed by atoms with Gasteiger partial charge in [0.1, 0.15) is 0 Å². The molecular formula is C19H26N4O. The molecule has 1 amide bonds. The van der Waals surface area contributed by atoms with Gasteiger partial charge >= 0.3 is 0 Å². The van der Waals surface area contributed by atoms with Gasteiger partial charge in [0.05, 0.1) is 5.52 Å². The van der Waals surface area contributed by atoms with Gasteiger partial charge in [-0.25, -0.2) is 0 Å². The first-order valence-corrected chi connectivity index (χ1v) is 8.97. The van der Waals surface area contributed by atoms with Crippen LogP contribution >= 0.6 is 0 Å². The number of amides is 1. The fourth-order valence-corrected chi connectivity index (χ4v) is 4.69. The summed E-state index contributed by atoms with van der Waals surface area (Å²) < 4.78 is 1.79. The minimum absolute atomic E-state index is 0.0347. The highest BCUT2D eigenvalue weighted by Gasteiger charge is 2.39. The molecule has 2 aromatic rings. The van der Waals surface area contributed by atoms with E-state index in [0.717, 1.165) is 29.7 Å². The molecule has 2 aliphatic heterocycles. The monoisotopic (exact) mass is 326 g/mol. The Balaban J connectivity index is 1.52. The number of benzene rings is 1. The van der Waals surface area contributed by atoms with Crippen LogP contribution in [0.5, 0.6) is 0 Å². The van der Waals surface area contributed by atoms with E-state index in [2.05, 4.69) is 29.3 Å². The molecule has 24 heavy (non-hydrogen) atoms. The first kappa shape index (κ1) is 15.6. The highest BCUT2D eigenvalue weighted by molar-refractivity contribution is 6.04. The van der Waals surface area contributed by atoms with Gasteiger partial charge in [0, 0.05) is 30.6 Å². The summed E-state index contributed by atoms with van der Waals surface area (Å²) in [4.78, 5) is 15.3. The smallest absolute Gasteiger partial charge is 0.272 e. The van der Waals surface area contributed by atoms with Gasteiger partial charge in [0.25, 0.3) is 5.91 Å². The first-order chi connectivity index (χ1) is 11.5. The van der Waals surface area contributed by atoms with Crippen LogP contribution in [-0.2, 0) is 7.05 Å². The molecule has 0 saturated carbocycles. The molecule has 2 bridgehead atoms. The molecule has 2 atom stereocenters. The molecule has 3 heterocycles. The van der Waals surface area contributed by atoms with Crippen LogP contribution in [0.25, 0.3) is 10.9 Å². The number of aromatic nitrogens is 2. The Bertz CT molecular complexity index is 752. The standard InChI is InChI=1S/C19H26N4O/c1-12-8-14-10-13(11-15(9-12)22(14)2)20-19(24)18-16-6-4-5-7-17(16)23(3)21-18/h4-7,12-15H,8-11H2,1-3H3,(H,20,24). The first-order valence-electron chi connectivity index (χ1n) is 8.97. The number of aryl methyl sites for hydroxylation is 1. The lowest BCUT2D eigenvalue weighted by atomic mass is 9.77. The molecule has 4 rings (SSSR count). The third-order valence-corrected chi connectivity index (χ3v) is 5.92. The number of hydrogen-bond donors (Lipinski definition) is 1. The van der Waals surface area contributed by atoms with Crippen molar-refractivity contribution in [2.24, 2.45) is 13.0 Å². The molecule has 5 nitrogen and oxygen atoms in total. The van der Waals surface area contributed by atoms with Crippen LogP contribution in [-0.4, -0.2) is 45.8 Å². The Morgan fingerprint density at radius 1 is 1.12 bits per heavy atom. The topological polar surface area (TPSA) is 50.2 Å². The van der Waals surface area contributed by atoms with E-state index in [9.17, 15) is 4.79 Å². The van der Waals surface area contributed by atoms with Crippen LogP contribution < -0.4 is 5.32 Å². The molecule has 2 fully saturated rings. The summed E-state index contributed by atoms with van der Waals surface area (Å²) in [5.41, 5.74) is 1.54. The lowest BCUT2D eigenvalue weighted by Gasteiger charge is -2.49. The van der Waals surface area contributed by atoms with Gasteiger partial charge in [-0.3, -0.25) is 9.48 Å². The fraction of sp³-hybridized carbons (Fsp3) is 0.579. The zero-order valence-corrected chi connectivity index (χ0v) is 14.7. The number of para-hydroxylation sites is 1. The number of carbonyl (C=O) groups is 1. The van der Waals surface area contributed by atoms with E-state index in [1.165, 1.54) is 12.8 Å². The van der Waals surface area contributed by atoms with Crippen molar-refractivity contribution in [3.63, 3.8) is 0 Å². The maximum Gasteiger partial charge on any atom is 0.272 e. The van der Waals surface area contributed by atoms with Gasteiger partial charge in [-0.05, 0) is 44.7 Å². The molecule has 128 valence electrons. The largest absolute Gasteiger partial charge is 0.348 e. The van der Waals surface area contributed by atoms with Crippen LogP contribution in [0, 0.1) is 5.92 Å². The SMILES string of the molecule is CC1CC2CC(NC(=O)c3nn(C)c4ccccc34)CC(C1)N2C. The van der Waals surface area contributed by atoms with E-state index in [-0.39, 0.29) is 11.9 Å². The zero-order chi connectivity index (χ0) is 16.8. The highest BCUT2D eigenvalue weighted by Crippen LogP contribution is 2.35. The minimum atomic E-state index is -0.0347. The normalized spacial score (nSPS) is 30.5. The van der Waals surface area contributed by atoms with Gasteiger partial charge in [-0.2, -0.15) is 5.10 Å². The van der Waals surface area contributed by atoms with Crippen LogP contribution in [0.2, 0.25) is 0 Å². The average molecular weight is 326 g/mol. The number of nitrogens with zero attached hydrogens (tertiary/aromatic N) is 3. The summed E-state index contributed by atoms with van der Waals surface area (Å²) in [6.45, 7) is 2.35. The van der Waals surface area contributed by atoms with E-state index in [1.807, 2.05) is 31.3 Å². The Hall–Kier alpha value is -1.88. The van der Waals surface area contributed by atoms with Crippen molar-refractivity contribution in [1.29, 1.82) is 0 Å². The molecule has 2 saturated heterocycles. The van der Waals surface area contributed by atoms with Crippen molar-refractivity contribution in [1.82, 2.24) is 20.0 Å². The average Bonchev–Trinajstić information content (AvgIpc) is 2.87. The van der Waals surface area contributed by atoms with E-state index < -0.39 is 0 Å². The molecule has 0 spiro atoms. The summed E-state index contributed by atoms with van der Waals surface area (Å²) >= 11 is 0. The number of hydrogen-bond acceptors (Lipinski definition) is 3. The van der Waals surface area contributed by atoms with Gasteiger partial charge in [0.2, 0.25) is 0 Å². The van der Waals surface area contributed by atoms with Crippen LogP contribution in [0.3, 0.4) is 0 Å². The van der Waals surface area contributed by atoms with Crippen molar-refractivity contribution in [3.05, 3.63) is 30.0 Å². The van der Waals surface area contributed by atoms with Crippen molar-refractivity contribution < 1.29 is 4.79 Å². The Labute approximate surface area is 143 Å². The summed E-state index contributed by atoms with van der Waals surface area (Å²) in [5, 5.41) is 8.64. The Kier molecular flexibility index (Phi) is 3.83. The molecule has 2 unspecified atom stereocenters. The minimum Gasteiger partial charge on any atom is -0.348 e. The van der Waals surface area contributed by atoms with Crippen LogP contribution in [0.1, 0.15) is 43.1 Å². The van der Waals surface area contributed by atoms with Crippen molar-refractivity contribution >= 4 is 16.8 Å². The van der Waals surface area contributed by atoms with Gasteiger partial charge in [0.15, 0.2) is 5.69 Å². The zero-order valence-electron chi connectivity index (χ0n) is 14.7. The van der Waals surface area contributed by atoms with Crippen molar-refractivity contribution in [2.45, 2.75) is 50.7 Å². The van der Waals surface area contributed by atoms with E-state index in [1.54, 1.807) is 4.68 Å². The fourth-order valence-electron chi connectivity index (χ4n) is 4.69. The third kappa shape index (κ3) is 2.61. The van der Waals surface area contributed by atoms with Gasteiger partial charge in [-0.1, -0.05) is 25.1 Å². The Morgan fingerprint density at radius 2 is 1.79 bits per heavy atom. The number of piperidine rings is 2. The second-order valence-corrected chi connectivity index (χ2v) is 7.68. The van der Waals surface area contributed by atoms with Gasteiger partial charge in [-0.15, -0.1) is 0 Å². The third-order valence-electron chi connectivity index (χ3n) is 5.92. The molecule has 1 aromatic carbocycles. The highest BCUT2D eigenvalue weighted by atomic mass is 16.2. The maximum atomic E-state index is 12.8. The predicted molar refractivity (Wildman–Crippen MR) is 94.9 cm³/mol. The predicted octanol–water partition coefficient (Wildman–Crippen LogP) is 2.56. The molecule has 2 aliphatic rings. The Morgan fingerprint density at radius 3 is 2.50 bits per heavy atom. The summed E-state index contributed by atoms with van der Waals surface area (Å²) in [6.07, 6.45) is 4.58. The molecule has 5 heteroatoms. The molecule has 0 radical (unpaired) electrons. The molecular weight excluding hydrogens is 300 g/mol. The lowest BCUT2D eigenvalue weighted by Crippen LogP contribution is -2.56. The quantitative estimate of drug-likeness (QED) is 0.923. The lowest BCUT2D eigenvalue weighted by molar-refractivity contribution is 0.0251. The number of rotatable bonds is 2. The van der Waals surface area contributed by atoms with Crippen LogP contribution in [0.4, 0.5) is 0 Å². The van der Waals surface area contributed by atoms with E-state index >= 15 is 0 Å². The van der Waals surface area contributed by atoms with Crippen molar-refractivity contribution in [3.8, 4) is 0 Å². The van der Waals surface area contributed by atoms with E-state index in [4.69, 9.17) is 0 Å². The summed E-state index contributed by atoms with van der Waals surface area (Å²) in [6, 6.07) is 9.36. The number of carbonyl (C=O) groups excluding carboxylic acids is 1. The van der Waals surface area contributed by atoms with Crippen molar-refractivity contribution in [2.75, 3.05) is 7.05 Å². The maximum absolute atomic E-state index is 12.8. The molecule has 1 aromatic heterocycles. The molecule has 1 N–H and O–H groups in total. The number of fused-ring (bicyclic) bond motifs is 3.